The number of para-hydroxylation sites is 1. The Hall–Kier alpha value is -2.69. The third-order valence-corrected chi connectivity index (χ3v) is 3.09. The molecule has 0 aromatic heterocycles. The minimum Gasteiger partial charge on any atom is -0.507 e. The first-order valence-corrected chi connectivity index (χ1v) is 6.38. The summed E-state index contributed by atoms with van der Waals surface area (Å²) in [7, 11) is 3.07. The van der Waals surface area contributed by atoms with E-state index >= 15 is 0 Å². The van der Waals surface area contributed by atoms with Gasteiger partial charge in [-0.05, 0) is 18.6 Å². The molecule has 0 atom stereocenters. The van der Waals surface area contributed by atoms with E-state index in [0.29, 0.717) is 22.7 Å². The largest absolute Gasteiger partial charge is 0.507 e. The number of benzene rings is 2. The fourth-order valence-corrected chi connectivity index (χ4v) is 1.92. The molecule has 0 spiro atoms. The molecule has 0 aliphatic carbocycles. The first-order chi connectivity index (χ1) is 10.0. The van der Waals surface area contributed by atoms with Crippen molar-refractivity contribution < 1.29 is 19.4 Å². The molecule has 21 heavy (non-hydrogen) atoms. The molecule has 2 aromatic rings. The van der Waals surface area contributed by atoms with E-state index in [4.69, 9.17) is 9.47 Å². The summed E-state index contributed by atoms with van der Waals surface area (Å²) in [5.41, 5.74) is 1.39. The molecule has 5 nitrogen and oxygen atoms in total. The molecular weight excluding hydrogens is 270 g/mol. The van der Waals surface area contributed by atoms with E-state index in [1.807, 2.05) is 0 Å². The zero-order chi connectivity index (χ0) is 15.4. The number of nitrogens with one attached hydrogen (secondary N) is 1. The Kier molecular flexibility index (Phi) is 4.33. The number of hydrogen-bond donors (Lipinski definition) is 2. The monoisotopic (exact) mass is 287 g/mol. The molecule has 0 bridgehead atoms. The molecular formula is C16H17NO4. The molecule has 0 heterocycles. The standard InChI is InChI=1S/C16H17NO4/c1-10-5-4-6-14(15(10)18)16(19)17-11-7-12(20-2)9-13(8-11)21-3/h4-9,18H,1-3H3,(H,17,19). The van der Waals surface area contributed by atoms with E-state index < -0.39 is 5.91 Å². The number of phenols is 1. The molecule has 5 heteroatoms. The van der Waals surface area contributed by atoms with Crippen LogP contribution < -0.4 is 14.8 Å². The van der Waals surface area contributed by atoms with E-state index in [1.54, 1.807) is 43.3 Å². The summed E-state index contributed by atoms with van der Waals surface area (Å²) in [6, 6.07) is 10.1. The Morgan fingerprint density at radius 3 is 2.29 bits per heavy atom. The van der Waals surface area contributed by atoms with Crippen molar-refractivity contribution in [1.82, 2.24) is 0 Å². The smallest absolute Gasteiger partial charge is 0.259 e. The number of methoxy groups -OCH3 is 2. The average Bonchev–Trinajstić information content (AvgIpc) is 2.49. The number of aryl methyl sites for hydroxylation is 1. The lowest BCUT2D eigenvalue weighted by Crippen LogP contribution is -2.12. The normalized spacial score (nSPS) is 10.0. The van der Waals surface area contributed by atoms with Crippen LogP contribution in [0.4, 0.5) is 5.69 Å². The highest BCUT2D eigenvalue weighted by Crippen LogP contribution is 2.27. The molecule has 1 amide bonds. The van der Waals surface area contributed by atoms with Crippen molar-refractivity contribution in [2.75, 3.05) is 19.5 Å². The third-order valence-electron chi connectivity index (χ3n) is 3.09. The predicted octanol–water partition coefficient (Wildman–Crippen LogP) is 2.97. The Bertz CT molecular complexity index is 645. The zero-order valence-corrected chi connectivity index (χ0v) is 12.1. The number of rotatable bonds is 4. The van der Waals surface area contributed by atoms with Crippen LogP contribution in [0.2, 0.25) is 0 Å². The van der Waals surface area contributed by atoms with Gasteiger partial charge in [-0.2, -0.15) is 0 Å². The number of carbonyl (C=O) groups excluding carboxylic acids is 1. The highest BCUT2D eigenvalue weighted by atomic mass is 16.5. The lowest BCUT2D eigenvalue weighted by atomic mass is 10.1. The van der Waals surface area contributed by atoms with Crippen molar-refractivity contribution in [3.63, 3.8) is 0 Å². The molecule has 0 aliphatic heterocycles. The fraction of sp³-hybridized carbons (Fsp3) is 0.188. The number of amides is 1. The van der Waals surface area contributed by atoms with Crippen LogP contribution >= 0.6 is 0 Å². The van der Waals surface area contributed by atoms with Crippen molar-refractivity contribution in [2.45, 2.75) is 6.92 Å². The summed E-state index contributed by atoms with van der Waals surface area (Å²) >= 11 is 0. The first-order valence-electron chi connectivity index (χ1n) is 6.38. The quantitative estimate of drug-likeness (QED) is 0.907. The predicted molar refractivity (Wildman–Crippen MR) is 80.3 cm³/mol. The average molecular weight is 287 g/mol. The summed E-state index contributed by atoms with van der Waals surface area (Å²) in [6.07, 6.45) is 0. The molecule has 0 saturated heterocycles. The van der Waals surface area contributed by atoms with Gasteiger partial charge < -0.3 is 19.9 Å². The molecule has 110 valence electrons. The van der Waals surface area contributed by atoms with Crippen LogP contribution in [0.25, 0.3) is 0 Å². The number of anilines is 1. The molecule has 0 radical (unpaired) electrons. The van der Waals surface area contributed by atoms with Crippen molar-refractivity contribution in [3.8, 4) is 17.2 Å². The fourth-order valence-electron chi connectivity index (χ4n) is 1.92. The lowest BCUT2D eigenvalue weighted by molar-refractivity contribution is 0.102. The highest BCUT2D eigenvalue weighted by molar-refractivity contribution is 6.06. The van der Waals surface area contributed by atoms with Crippen molar-refractivity contribution in [2.24, 2.45) is 0 Å². The summed E-state index contributed by atoms with van der Waals surface area (Å²) in [5.74, 6) is 0.715. The van der Waals surface area contributed by atoms with Gasteiger partial charge in [-0.3, -0.25) is 4.79 Å². The second kappa shape index (κ2) is 6.17. The summed E-state index contributed by atoms with van der Waals surface area (Å²) < 4.78 is 10.3. The van der Waals surface area contributed by atoms with E-state index in [9.17, 15) is 9.90 Å². The van der Waals surface area contributed by atoms with Crippen LogP contribution in [0.3, 0.4) is 0 Å². The first kappa shape index (κ1) is 14.7. The highest BCUT2D eigenvalue weighted by Gasteiger charge is 2.13. The SMILES string of the molecule is COc1cc(NC(=O)c2cccc(C)c2O)cc(OC)c1. The molecule has 2 N–H and O–H groups in total. The Morgan fingerprint density at radius 1 is 1.10 bits per heavy atom. The van der Waals surface area contributed by atoms with Gasteiger partial charge in [0.15, 0.2) is 0 Å². The number of carbonyl (C=O) groups is 1. The van der Waals surface area contributed by atoms with Gasteiger partial charge in [0.25, 0.3) is 5.91 Å². The molecule has 2 rings (SSSR count). The minimum absolute atomic E-state index is 0.0233. The van der Waals surface area contributed by atoms with Gasteiger partial charge in [-0.15, -0.1) is 0 Å². The maximum absolute atomic E-state index is 12.2. The number of hydrogen-bond acceptors (Lipinski definition) is 4. The van der Waals surface area contributed by atoms with Crippen molar-refractivity contribution in [1.29, 1.82) is 0 Å². The molecule has 0 aliphatic rings. The Labute approximate surface area is 123 Å². The minimum atomic E-state index is -0.397. The van der Waals surface area contributed by atoms with Gasteiger partial charge in [0.1, 0.15) is 17.2 Å². The van der Waals surface area contributed by atoms with Crippen LogP contribution in [0.5, 0.6) is 17.2 Å². The molecule has 2 aromatic carbocycles. The topological polar surface area (TPSA) is 67.8 Å². The van der Waals surface area contributed by atoms with E-state index in [-0.39, 0.29) is 11.3 Å². The molecule has 0 unspecified atom stereocenters. The molecule has 0 fully saturated rings. The summed E-state index contributed by atoms with van der Waals surface area (Å²) in [5, 5.41) is 12.7. The van der Waals surface area contributed by atoms with Crippen LogP contribution in [0, 0.1) is 6.92 Å². The van der Waals surface area contributed by atoms with Crippen LogP contribution in [0.15, 0.2) is 36.4 Å². The summed E-state index contributed by atoms with van der Waals surface area (Å²) in [4.78, 5) is 12.2. The number of aromatic hydroxyl groups is 1. The third kappa shape index (κ3) is 3.25. The second-order valence-electron chi connectivity index (χ2n) is 4.53. The zero-order valence-electron chi connectivity index (χ0n) is 12.1. The number of ether oxygens (including phenoxy) is 2. The lowest BCUT2D eigenvalue weighted by Gasteiger charge is -2.11. The number of phenolic OH excluding ortho intramolecular Hbond substituents is 1. The Balaban J connectivity index is 2.29. The van der Waals surface area contributed by atoms with Gasteiger partial charge in [-0.25, -0.2) is 0 Å². The van der Waals surface area contributed by atoms with Crippen molar-refractivity contribution >= 4 is 11.6 Å². The maximum Gasteiger partial charge on any atom is 0.259 e. The van der Waals surface area contributed by atoms with Crippen LogP contribution in [0.1, 0.15) is 15.9 Å². The van der Waals surface area contributed by atoms with Crippen LogP contribution in [-0.2, 0) is 0 Å². The van der Waals surface area contributed by atoms with Crippen LogP contribution in [-0.4, -0.2) is 25.2 Å². The van der Waals surface area contributed by atoms with E-state index in [1.165, 1.54) is 14.2 Å². The van der Waals surface area contributed by atoms with Gasteiger partial charge in [0.2, 0.25) is 0 Å². The van der Waals surface area contributed by atoms with E-state index in [0.717, 1.165) is 0 Å². The Morgan fingerprint density at radius 2 is 1.71 bits per heavy atom. The van der Waals surface area contributed by atoms with E-state index in [2.05, 4.69) is 5.32 Å². The second-order valence-corrected chi connectivity index (χ2v) is 4.53. The van der Waals surface area contributed by atoms with Gasteiger partial charge in [0.05, 0.1) is 19.8 Å². The molecule has 0 saturated carbocycles. The van der Waals surface area contributed by atoms with Crippen molar-refractivity contribution in [3.05, 3.63) is 47.5 Å². The van der Waals surface area contributed by atoms with Gasteiger partial charge >= 0.3 is 0 Å². The van der Waals surface area contributed by atoms with Gasteiger partial charge in [-0.1, -0.05) is 12.1 Å². The van der Waals surface area contributed by atoms with Gasteiger partial charge in [0, 0.05) is 23.9 Å². The maximum atomic E-state index is 12.2. The summed E-state index contributed by atoms with van der Waals surface area (Å²) in [6.45, 7) is 1.74.